The first-order chi connectivity index (χ1) is 8.08. The highest BCUT2D eigenvalue weighted by atomic mass is 16.6. The van der Waals surface area contributed by atoms with Gasteiger partial charge in [-0.1, -0.05) is 0 Å². The number of rotatable bonds is 5. The van der Waals surface area contributed by atoms with Gasteiger partial charge in [0, 0.05) is 18.8 Å². The van der Waals surface area contributed by atoms with Gasteiger partial charge in [0.25, 0.3) is 0 Å². The van der Waals surface area contributed by atoms with Crippen molar-refractivity contribution in [1.29, 1.82) is 0 Å². The second kappa shape index (κ2) is 4.67. The van der Waals surface area contributed by atoms with Crippen LogP contribution < -0.4 is 5.32 Å². The van der Waals surface area contributed by atoms with Crippen LogP contribution in [-0.4, -0.2) is 27.7 Å². The van der Waals surface area contributed by atoms with E-state index in [1.54, 1.807) is 13.1 Å². The molecule has 0 aromatic carbocycles. The molecule has 17 heavy (non-hydrogen) atoms. The molecule has 0 spiro atoms. The van der Waals surface area contributed by atoms with E-state index in [1.807, 2.05) is 0 Å². The number of nitro groups is 1. The van der Waals surface area contributed by atoms with Crippen molar-refractivity contribution in [3.05, 3.63) is 27.9 Å². The molecular formula is C11H15N3O3. The number of hydrogen-bond acceptors (Lipinski definition) is 5. The van der Waals surface area contributed by atoms with Crippen LogP contribution in [0.15, 0.2) is 12.3 Å². The SMILES string of the molecule is Cc1cnc(NCC(O)C2CC2)c([N+](=O)[O-])c1. The summed E-state index contributed by atoms with van der Waals surface area (Å²) in [5.74, 6) is 0.562. The van der Waals surface area contributed by atoms with Crippen molar-refractivity contribution in [3.63, 3.8) is 0 Å². The number of aromatic nitrogens is 1. The van der Waals surface area contributed by atoms with Crippen LogP contribution in [0.1, 0.15) is 18.4 Å². The fraction of sp³-hybridized carbons (Fsp3) is 0.545. The van der Waals surface area contributed by atoms with Crippen LogP contribution in [0.3, 0.4) is 0 Å². The van der Waals surface area contributed by atoms with Crippen LogP contribution in [0.25, 0.3) is 0 Å². The highest BCUT2D eigenvalue weighted by Gasteiger charge is 2.29. The summed E-state index contributed by atoms with van der Waals surface area (Å²) in [4.78, 5) is 14.3. The predicted molar refractivity (Wildman–Crippen MR) is 62.8 cm³/mol. The van der Waals surface area contributed by atoms with E-state index in [9.17, 15) is 15.2 Å². The van der Waals surface area contributed by atoms with Crippen LogP contribution >= 0.6 is 0 Å². The van der Waals surface area contributed by atoms with Gasteiger partial charge in [0.05, 0.1) is 11.0 Å². The van der Waals surface area contributed by atoms with Gasteiger partial charge in [-0.2, -0.15) is 0 Å². The van der Waals surface area contributed by atoms with Gasteiger partial charge in [0.15, 0.2) is 0 Å². The van der Waals surface area contributed by atoms with Gasteiger partial charge < -0.3 is 10.4 Å². The normalized spacial score (nSPS) is 16.6. The molecule has 0 radical (unpaired) electrons. The molecule has 6 nitrogen and oxygen atoms in total. The van der Waals surface area contributed by atoms with Crippen molar-refractivity contribution in [2.75, 3.05) is 11.9 Å². The van der Waals surface area contributed by atoms with Crippen LogP contribution in [0.2, 0.25) is 0 Å². The summed E-state index contributed by atoms with van der Waals surface area (Å²) >= 11 is 0. The summed E-state index contributed by atoms with van der Waals surface area (Å²) in [6, 6.07) is 1.47. The Morgan fingerprint density at radius 2 is 2.41 bits per heavy atom. The Balaban J connectivity index is 2.06. The van der Waals surface area contributed by atoms with Gasteiger partial charge in [-0.05, 0) is 31.2 Å². The van der Waals surface area contributed by atoms with E-state index in [-0.39, 0.29) is 11.5 Å². The summed E-state index contributed by atoms with van der Waals surface area (Å²) in [5, 5.41) is 23.3. The summed E-state index contributed by atoms with van der Waals surface area (Å²) in [6.45, 7) is 2.06. The van der Waals surface area contributed by atoms with Crippen LogP contribution in [0.5, 0.6) is 0 Å². The molecular weight excluding hydrogens is 222 g/mol. The lowest BCUT2D eigenvalue weighted by atomic mass is 10.2. The molecule has 1 fully saturated rings. The van der Waals surface area contributed by atoms with Gasteiger partial charge in [-0.3, -0.25) is 10.1 Å². The Morgan fingerprint density at radius 3 is 3.00 bits per heavy atom. The third-order valence-electron chi connectivity index (χ3n) is 2.85. The molecule has 2 N–H and O–H groups in total. The molecule has 0 amide bonds. The largest absolute Gasteiger partial charge is 0.391 e. The average molecular weight is 237 g/mol. The summed E-state index contributed by atoms with van der Waals surface area (Å²) in [5.41, 5.74) is 0.693. The van der Waals surface area contributed by atoms with E-state index < -0.39 is 11.0 Å². The van der Waals surface area contributed by atoms with Gasteiger partial charge >= 0.3 is 5.69 Å². The lowest BCUT2D eigenvalue weighted by Crippen LogP contribution is -2.22. The Bertz CT molecular complexity index is 432. The molecule has 1 unspecified atom stereocenters. The third kappa shape index (κ3) is 2.91. The first-order valence-corrected chi connectivity index (χ1v) is 5.61. The number of nitrogens with zero attached hydrogens (tertiary/aromatic N) is 2. The second-order valence-electron chi connectivity index (χ2n) is 4.42. The van der Waals surface area contributed by atoms with Crippen LogP contribution in [0.4, 0.5) is 11.5 Å². The van der Waals surface area contributed by atoms with Gasteiger partial charge in [0.1, 0.15) is 0 Å². The van der Waals surface area contributed by atoms with Gasteiger partial charge in [0.2, 0.25) is 5.82 Å². The zero-order chi connectivity index (χ0) is 12.4. The Kier molecular flexibility index (Phi) is 3.23. The maximum atomic E-state index is 10.8. The van der Waals surface area contributed by atoms with Crippen LogP contribution in [-0.2, 0) is 0 Å². The van der Waals surface area contributed by atoms with E-state index in [0.29, 0.717) is 12.5 Å². The highest BCUT2D eigenvalue weighted by Crippen LogP contribution is 2.33. The monoisotopic (exact) mass is 237 g/mol. The van der Waals surface area contributed by atoms with Crippen molar-refractivity contribution >= 4 is 11.5 Å². The number of aliphatic hydroxyl groups is 1. The second-order valence-corrected chi connectivity index (χ2v) is 4.42. The molecule has 0 bridgehead atoms. The zero-order valence-corrected chi connectivity index (χ0v) is 9.59. The molecule has 1 aliphatic rings. The minimum atomic E-state index is -0.466. The first kappa shape index (κ1) is 11.8. The summed E-state index contributed by atoms with van der Waals surface area (Å²) in [7, 11) is 0. The molecule has 1 saturated carbocycles. The summed E-state index contributed by atoms with van der Waals surface area (Å²) < 4.78 is 0. The van der Waals surface area contributed by atoms with Crippen molar-refractivity contribution in [2.45, 2.75) is 25.9 Å². The predicted octanol–water partition coefficient (Wildman–Crippen LogP) is 1.48. The lowest BCUT2D eigenvalue weighted by molar-refractivity contribution is -0.384. The summed E-state index contributed by atoms with van der Waals surface area (Å²) in [6.07, 6.45) is 3.19. The molecule has 0 aliphatic heterocycles. The standard InChI is InChI=1S/C11H15N3O3/c1-7-4-9(14(16)17)11(12-5-7)13-6-10(15)8-2-3-8/h4-5,8,10,15H,2-3,6H2,1H3,(H,12,13). The average Bonchev–Trinajstić information content (AvgIpc) is 3.10. The smallest absolute Gasteiger partial charge is 0.311 e. The number of anilines is 1. The first-order valence-electron chi connectivity index (χ1n) is 5.61. The molecule has 2 rings (SSSR count). The van der Waals surface area contributed by atoms with Crippen molar-refractivity contribution in [1.82, 2.24) is 4.98 Å². The fourth-order valence-electron chi connectivity index (χ4n) is 1.68. The quantitative estimate of drug-likeness (QED) is 0.598. The van der Waals surface area contributed by atoms with Crippen molar-refractivity contribution < 1.29 is 10.0 Å². The maximum Gasteiger partial charge on any atom is 0.311 e. The molecule has 1 atom stereocenters. The van der Waals surface area contributed by atoms with Crippen molar-refractivity contribution in [3.8, 4) is 0 Å². The number of aryl methyl sites for hydroxylation is 1. The number of nitrogens with one attached hydrogen (secondary N) is 1. The van der Waals surface area contributed by atoms with Crippen LogP contribution in [0, 0.1) is 23.0 Å². The third-order valence-corrected chi connectivity index (χ3v) is 2.85. The Hall–Kier alpha value is -1.69. The molecule has 0 saturated heterocycles. The van der Waals surface area contributed by atoms with E-state index in [0.717, 1.165) is 18.4 Å². The number of aliphatic hydroxyl groups excluding tert-OH is 1. The van der Waals surface area contributed by atoms with E-state index in [4.69, 9.17) is 0 Å². The van der Waals surface area contributed by atoms with Gasteiger partial charge in [-0.25, -0.2) is 4.98 Å². The number of pyridine rings is 1. The van der Waals surface area contributed by atoms with E-state index >= 15 is 0 Å². The topological polar surface area (TPSA) is 88.3 Å². The molecule has 1 heterocycles. The van der Waals surface area contributed by atoms with Crippen molar-refractivity contribution in [2.24, 2.45) is 5.92 Å². The highest BCUT2D eigenvalue weighted by molar-refractivity contribution is 5.56. The molecule has 92 valence electrons. The molecule has 1 aromatic rings. The van der Waals surface area contributed by atoms with Gasteiger partial charge in [-0.15, -0.1) is 0 Å². The lowest BCUT2D eigenvalue weighted by Gasteiger charge is -2.11. The van der Waals surface area contributed by atoms with E-state index in [2.05, 4.69) is 10.3 Å². The zero-order valence-electron chi connectivity index (χ0n) is 9.59. The fourth-order valence-corrected chi connectivity index (χ4v) is 1.68. The molecule has 1 aliphatic carbocycles. The van der Waals surface area contributed by atoms with E-state index in [1.165, 1.54) is 6.07 Å². The minimum Gasteiger partial charge on any atom is -0.391 e. The number of hydrogen-bond donors (Lipinski definition) is 2. The molecule has 6 heteroatoms. The minimum absolute atomic E-state index is 0.0482. The maximum absolute atomic E-state index is 10.8. The molecule has 1 aromatic heterocycles. The Labute approximate surface area is 98.8 Å². The Morgan fingerprint density at radius 1 is 1.71 bits per heavy atom.